The van der Waals surface area contributed by atoms with Crippen LogP contribution in [0.5, 0.6) is 0 Å². The van der Waals surface area contributed by atoms with Crippen molar-refractivity contribution in [3.05, 3.63) is 203 Å². The van der Waals surface area contributed by atoms with Crippen LogP contribution in [0.3, 0.4) is 0 Å². The van der Waals surface area contributed by atoms with Crippen LogP contribution in [0.4, 0.5) is 4.79 Å². The number of alkyl carbamates (subject to hydrolysis) is 1. The van der Waals surface area contributed by atoms with Crippen LogP contribution >= 0.6 is 0 Å². The number of rotatable bonds is 16. The lowest BCUT2D eigenvalue weighted by molar-refractivity contribution is -0.235. The molecule has 350 valence electrons. The Morgan fingerprint density at radius 3 is 1.39 bits per heavy atom. The number of hydrogen-bond acceptors (Lipinski definition) is 13. The van der Waals surface area contributed by atoms with Gasteiger partial charge in [0.1, 0.15) is 25.4 Å². The van der Waals surface area contributed by atoms with Crippen molar-refractivity contribution in [2.45, 2.75) is 49.0 Å². The molecule has 1 fully saturated rings. The first kappa shape index (κ1) is 46.9. The Labute approximate surface area is 395 Å². The van der Waals surface area contributed by atoms with Gasteiger partial charge in [-0.3, -0.25) is 4.79 Å². The van der Waals surface area contributed by atoms with E-state index in [1.54, 1.807) is 72.8 Å². The Balaban J connectivity index is 1.08. The fraction of sp³-hybridized carbons (Fsp3) is 0.189. The van der Waals surface area contributed by atoms with Crippen molar-refractivity contribution < 1.29 is 67.1 Å². The second kappa shape index (κ2) is 21.8. The molecule has 0 radical (unpaired) electrons. The standard InChI is InChI=1S/C53H44N2O14/c56-43(29-41(48(57)58)54-53(63)65-30-40-38-27-15-13-25-36(38)37-26-14-16-28-39(37)40)55-47-46(69-52(62)35-23-11-4-12-24-35)45(68-51(61)34-21-9-3-10-22-34)44(67-50(60)33-19-7-2-8-20-33)42(66-47)31-64-49(59)32-17-5-1-6-18-32/h1-28,40-42,44-47H,29-31H2,(H,54,63)(H,55,56)(H,57,58)/t41-,42+,44+,45-,46-,47+/m0/s1. The Morgan fingerprint density at radius 2 is 0.913 bits per heavy atom. The van der Waals surface area contributed by atoms with Gasteiger partial charge in [0.25, 0.3) is 0 Å². The summed E-state index contributed by atoms with van der Waals surface area (Å²) in [5.41, 5.74) is 4.11. The third kappa shape index (κ3) is 11.3. The van der Waals surface area contributed by atoms with Gasteiger partial charge in [-0.05, 0) is 70.8 Å². The molecule has 0 saturated carbocycles. The normalized spacial score (nSPS) is 18.5. The van der Waals surface area contributed by atoms with Crippen LogP contribution in [-0.4, -0.2) is 96.9 Å². The van der Waals surface area contributed by atoms with Gasteiger partial charge in [0, 0.05) is 5.92 Å². The van der Waals surface area contributed by atoms with Crippen LogP contribution in [0, 0.1) is 0 Å². The second-order valence-corrected chi connectivity index (χ2v) is 15.9. The molecule has 16 heteroatoms. The van der Waals surface area contributed by atoms with Crippen molar-refractivity contribution in [2.24, 2.45) is 0 Å². The summed E-state index contributed by atoms with van der Waals surface area (Å²) in [6.45, 7) is -0.815. The number of nitrogens with one attached hydrogen (secondary N) is 2. The largest absolute Gasteiger partial charge is 0.480 e. The van der Waals surface area contributed by atoms with Gasteiger partial charge in [-0.1, -0.05) is 121 Å². The van der Waals surface area contributed by atoms with E-state index in [9.17, 15) is 38.7 Å². The van der Waals surface area contributed by atoms with Gasteiger partial charge in [0.15, 0.2) is 24.5 Å². The monoisotopic (exact) mass is 932 g/mol. The highest BCUT2D eigenvalue weighted by molar-refractivity contribution is 5.92. The van der Waals surface area contributed by atoms with E-state index in [1.165, 1.54) is 48.5 Å². The maximum Gasteiger partial charge on any atom is 0.407 e. The Bertz CT molecular complexity index is 2760. The fourth-order valence-electron chi connectivity index (χ4n) is 8.07. The lowest BCUT2D eigenvalue weighted by atomic mass is 9.96. The van der Waals surface area contributed by atoms with Crippen LogP contribution in [0.2, 0.25) is 0 Å². The molecule has 3 N–H and O–H groups in total. The molecule has 16 nitrogen and oxygen atoms in total. The van der Waals surface area contributed by atoms with E-state index in [-0.39, 0.29) is 34.8 Å². The Morgan fingerprint density at radius 1 is 0.493 bits per heavy atom. The zero-order valence-electron chi connectivity index (χ0n) is 36.6. The molecule has 1 saturated heterocycles. The van der Waals surface area contributed by atoms with E-state index in [4.69, 9.17) is 28.4 Å². The highest BCUT2D eigenvalue weighted by Gasteiger charge is 2.54. The summed E-state index contributed by atoms with van der Waals surface area (Å²) in [6, 6.07) is 44.5. The molecule has 0 bridgehead atoms. The van der Waals surface area contributed by atoms with Gasteiger partial charge in [-0.25, -0.2) is 28.8 Å². The van der Waals surface area contributed by atoms with E-state index in [0.717, 1.165) is 22.3 Å². The Kier molecular flexibility index (Phi) is 14.8. The SMILES string of the molecule is O=C(C[C@H](NC(=O)OCC1c2ccccc2-c2ccccc21)C(=O)O)N[C@@H]1O[C@H](COC(=O)c2ccccc2)[C@@H](OC(=O)c2ccccc2)[C@H](OC(=O)c2ccccc2)[C@@H]1OC(=O)c1ccccc1. The van der Waals surface area contributed by atoms with Crippen LogP contribution < -0.4 is 10.6 Å². The molecule has 0 aromatic heterocycles. The highest BCUT2D eigenvalue weighted by atomic mass is 16.7. The molecule has 2 amide bonds. The zero-order valence-corrected chi connectivity index (χ0v) is 36.6. The zero-order chi connectivity index (χ0) is 48.3. The van der Waals surface area contributed by atoms with Gasteiger partial charge in [-0.15, -0.1) is 0 Å². The first-order valence-electron chi connectivity index (χ1n) is 21.8. The van der Waals surface area contributed by atoms with Crippen LogP contribution in [0.25, 0.3) is 11.1 Å². The summed E-state index contributed by atoms with van der Waals surface area (Å²) in [7, 11) is 0. The van der Waals surface area contributed by atoms with Crippen molar-refractivity contribution >= 4 is 41.8 Å². The van der Waals surface area contributed by atoms with Gasteiger partial charge in [-0.2, -0.15) is 0 Å². The highest BCUT2D eigenvalue weighted by Crippen LogP contribution is 2.44. The van der Waals surface area contributed by atoms with E-state index in [1.807, 2.05) is 48.5 Å². The molecule has 2 aliphatic rings. The van der Waals surface area contributed by atoms with E-state index in [0.29, 0.717) is 0 Å². The van der Waals surface area contributed by atoms with E-state index in [2.05, 4.69) is 10.6 Å². The van der Waals surface area contributed by atoms with Crippen LogP contribution in [0.1, 0.15) is 64.9 Å². The van der Waals surface area contributed by atoms with Crippen molar-refractivity contribution in [3.63, 3.8) is 0 Å². The molecule has 8 rings (SSSR count). The number of carboxylic acids is 1. The number of ether oxygens (including phenoxy) is 6. The number of carboxylic acid groups (broad SMARTS) is 1. The summed E-state index contributed by atoms with van der Waals surface area (Å²) in [5.74, 6) is -6.67. The summed E-state index contributed by atoms with van der Waals surface area (Å²) < 4.78 is 35.6. The third-order valence-electron chi connectivity index (χ3n) is 11.4. The van der Waals surface area contributed by atoms with Crippen molar-refractivity contribution in [2.75, 3.05) is 13.2 Å². The predicted molar refractivity (Wildman–Crippen MR) is 245 cm³/mol. The number of esters is 4. The molecule has 1 aliphatic heterocycles. The molecule has 6 aromatic rings. The first-order valence-corrected chi connectivity index (χ1v) is 21.8. The average molecular weight is 933 g/mol. The van der Waals surface area contributed by atoms with Gasteiger partial charge < -0.3 is 44.2 Å². The number of benzene rings is 6. The lowest BCUT2D eigenvalue weighted by Crippen LogP contribution is -2.66. The number of fused-ring (bicyclic) bond motifs is 3. The molecule has 0 spiro atoms. The lowest BCUT2D eigenvalue weighted by Gasteiger charge is -2.44. The summed E-state index contributed by atoms with van der Waals surface area (Å²) in [6.07, 6.45) is -10.7. The minimum absolute atomic E-state index is 0.0330. The minimum Gasteiger partial charge on any atom is -0.480 e. The molecule has 0 unspecified atom stereocenters. The van der Waals surface area contributed by atoms with E-state index < -0.39 is 91.6 Å². The fourth-order valence-corrected chi connectivity index (χ4v) is 8.07. The molecule has 6 aromatic carbocycles. The summed E-state index contributed by atoms with van der Waals surface area (Å²) in [5, 5.41) is 15.0. The summed E-state index contributed by atoms with van der Waals surface area (Å²) >= 11 is 0. The molecule has 69 heavy (non-hydrogen) atoms. The van der Waals surface area contributed by atoms with Gasteiger partial charge in [0.2, 0.25) is 5.91 Å². The Hall–Kier alpha value is -8.63. The second-order valence-electron chi connectivity index (χ2n) is 15.9. The quantitative estimate of drug-likeness (QED) is 0.0676. The maximum absolute atomic E-state index is 14.0. The van der Waals surface area contributed by atoms with Crippen molar-refractivity contribution in [1.29, 1.82) is 0 Å². The van der Waals surface area contributed by atoms with Gasteiger partial charge >= 0.3 is 35.9 Å². The smallest absolute Gasteiger partial charge is 0.407 e. The predicted octanol–water partition coefficient (Wildman–Crippen LogP) is 6.74. The number of hydrogen-bond donors (Lipinski definition) is 3. The number of carbonyl (C=O) groups excluding carboxylic acids is 6. The molecular formula is C53H44N2O14. The van der Waals surface area contributed by atoms with Crippen LogP contribution in [-0.2, 0) is 38.0 Å². The maximum atomic E-state index is 14.0. The third-order valence-corrected chi connectivity index (χ3v) is 11.4. The van der Waals surface area contributed by atoms with E-state index >= 15 is 0 Å². The molecule has 1 aliphatic carbocycles. The van der Waals surface area contributed by atoms with Crippen molar-refractivity contribution in [1.82, 2.24) is 10.6 Å². The number of amides is 2. The van der Waals surface area contributed by atoms with Crippen molar-refractivity contribution in [3.8, 4) is 11.1 Å². The van der Waals surface area contributed by atoms with Gasteiger partial charge in [0.05, 0.1) is 28.7 Å². The first-order chi connectivity index (χ1) is 33.5. The number of aliphatic carboxylic acids is 1. The minimum atomic E-state index is -1.86. The topological polar surface area (TPSA) is 219 Å². The molecule has 6 atom stereocenters. The van der Waals surface area contributed by atoms with Crippen LogP contribution in [0.15, 0.2) is 170 Å². The average Bonchev–Trinajstić information content (AvgIpc) is 3.70. The molecular weight excluding hydrogens is 889 g/mol. The number of carbonyl (C=O) groups is 7. The molecule has 1 heterocycles. The summed E-state index contributed by atoms with van der Waals surface area (Å²) in [4.78, 5) is 94.8.